The van der Waals surface area contributed by atoms with E-state index >= 15 is 0 Å². The predicted octanol–water partition coefficient (Wildman–Crippen LogP) is 0.261. The van der Waals surface area contributed by atoms with Crippen LogP contribution < -0.4 is 16.9 Å². The molecule has 2 aromatic rings. The van der Waals surface area contributed by atoms with Crippen molar-refractivity contribution in [1.82, 2.24) is 14.8 Å². The van der Waals surface area contributed by atoms with E-state index in [1.165, 1.54) is 16.4 Å². The Labute approximate surface area is 113 Å². The molecule has 6 nitrogen and oxygen atoms in total. The van der Waals surface area contributed by atoms with E-state index in [2.05, 4.69) is 10.1 Å². The molecule has 0 aliphatic rings. The first kappa shape index (κ1) is 13.6. The molecule has 0 aliphatic heterocycles. The second-order valence-electron chi connectivity index (χ2n) is 4.03. The number of nitrogens with zero attached hydrogens (tertiary/aromatic N) is 2. The van der Waals surface area contributed by atoms with Crippen molar-refractivity contribution in [2.24, 2.45) is 12.8 Å². The highest BCUT2D eigenvalue weighted by molar-refractivity contribution is 7.99. The zero-order valence-corrected chi connectivity index (χ0v) is 11.2. The summed E-state index contributed by atoms with van der Waals surface area (Å²) in [5, 5.41) is 2.84. The molecule has 1 unspecified atom stereocenters. The molecular weight excluding hydrogens is 264 g/mol. The van der Waals surface area contributed by atoms with Crippen LogP contribution in [0, 0.1) is 0 Å². The van der Waals surface area contributed by atoms with Crippen LogP contribution >= 0.6 is 11.8 Å². The summed E-state index contributed by atoms with van der Waals surface area (Å²) >= 11 is 1.33. The lowest BCUT2D eigenvalue weighted by atomic mass is 10.1. The molecule has 0 fully saturated rings. The van der Waals surface area contributed by atoms with Crippen LogP contribution in [0.3, 0.4) is 0 Å². The van der Waals surface area contributed by atoms with Crippen molar-refractivity contribution in [2.45, 2.75) is 11.2 Å². The molecule has 0 spiro atoms. The van der Waals surface area contributed by atoms with Crippen LogP contribution in [0.15, 0.2) is 45.1 Å². The molecule has 1 aromatic heterocycles. The molecule has 3 N–H and O–H groups in total. The lowest BCUT2D eigenvalue weighted by molar-refractivity contribution is 0.595. The molecule has 100 valence electrons. The van der Waals surface area contributed by atoms with Crippen molar-refractivity contribution in [2.75, 3.05) is 5.75 Å². The van der Waals surface area contributed by atoms with Crippen LogP contribution in [0.25, 0.3) is 0 Å². The molecule has 0 saturated heterocycles. The van der Waals surface area contributed by atoms with Gasteiger partial charge in [0.05, 0.1) is 0 Å². The SMILES string of the molecule is Cn1[nH]c(=O)c(=O)nc1SCC(N)c1ccccc1. The third-order valence-electron chi connectivity index (χ3n) is 2.57. The van der Waals surface area contributed by atoms with Gasteiger partial charge in [0.2, 0.25) is 0 Å². The summed E-state index contributed by atoms with van der Waals surface area (Å²) in [6.07, 6.45) is 0. The van der Waals surface area contributed by atoms with E-state index in [-0.39, 0.29) is 6.04 Å². The first-order valence-electron chi connectivity index (χ1n) is 5.68. The average molecular weight is 278 g/mol. The van der Waals surface area contributed by atoms with E-state index in [0.717, 1.165) is 5.56 Å². The Hall–Kier alpha value is -1.86. The normalized spacial score (nSPS) is 12.3. The van der Waals surface area contributed by atoms with Gasteiger partial charge in [0.25, 0.3) is 0 Å². The second-order valence-corrected chi connectivity index (χ2v) is 5.01. The minimum atomic E-state index is -0.783. The van der Waals surface area contributed by atoms with Gasteiger partial charge in [-0.3, -0.25) is 19.4 Å². The Morgan fingerprint density at radius 1 is 1.37 bits per heavy atom. The van der Waals surface area contributed by atoms with E-state index in [1.807, 2.05) is 30.3 Å². The van der Waals surface area contributed by atoms with Gasteiger partial charge in [0, 0.05) is 18.8 Å². The quantitative estimate of drug-likeness (QED) is 0.618. The van der Waals surface area contributed by atoms with Crippen LogP contribution in [0.1, 0.15) is 11.6 Å². The summed E-state index contributed by atoms with van der Waals surface area (Å²) in [7, 11) is 1.63. The van der Waals surface area contributed by atoms with Gasteiger partial charge in [0.1, 0.15) is 0 Å². The summed E-state index contributed by atoms with van der Waals surface area (Å²) in [6.45, 7) is 0. The number of nitrogens with one attached hydrogen (secondary N) is 1. The number of aryl methyl sites for hydroxylation is 1. The first-order chi connectivity index (χ1) is 9.08. The summed E-state index contributed by atoms with van der Waals surface area (Å²) in [5.74, 6) is 0.566. The van der Waals surface area contributed by atoms with Crippen molar-refractivity contribution in [3.63, 3.8) is 0 Å². The highest BCUT2D eigenvalue weighted by atomic mass is 32.2. The number of hydrogen-bond donors (Lipinski definition) is 2. The monoisotopic (exact) mass is 278 g/mol. The summed E-state index contributed by atoms with van der Waals surface area (Å²) in [6, 6.07) is 9.52. The Bertz CT molecular complexity index is 665. The Morgan fingerprint density at radius 3 is 2.74 bits per heavy atom. The number of aromatic nitrogens is 3. The maximum absolute atomic E-state index is 11.2. The number of hydrogen-bond acceptors (Lipinski definition) is 5. The highest BCUT2D eigenvalue weighted by Gasteiger charge is 2.09. The van der Waals surface area contributed by atoms with Gasteiger partial charge in [0.15, 0.2) is 5.16 Å². The van der Waals surface area contributed by atoms with Crippen molar-refractivity contribution in [1.29, 1.82) is 0 Å². The minimum Gasteiger partial charge on any atom is -0.323 e. The van der Waals surface area contributed by atoms with Gasteiger partial charge in [-0.25, -0.2) is 0 Å². The van der Waals surface area contributed by atoms with E-state index in [1.54, 1.807) is 7.05 Å². The maximum atomic E-state index is 11.2. The van der Waals surface area contributed by atoms with Crippen molar-refractivity contribution in [3.05, 3.63) is 56.6 Å². The Balaban J connectivity index is 2.09. The Kier molecular flexibility index (Phi) is 4.18. The van der Waals surface area contributed by atoms with Gasteiger partial charge in [-0.2, -0.15) is 4.98 Å². The van der Waals surface area contributed by atoms with Crippen molar-refractivity contribution >= 4 is 11.8 Å². The lowest BCUT2D eigenvalue weighted by Gasteiger charge is -2.12. The van der Waals surface area contributed by atoms with Crippen LogP contribution in [0.2, 0.25) is 0 Å². The summed E-state index contributed by atoms with van der Waals surface area (Å²) in [5.41, 5.74) is 5.56. The molecule has 0 aliphatic carbocycles. The maximum Gasteiger partial charge on any atom is 0.339 e. The van der Waals surface area contributed by atoms with Crippen LogP contribution in [0.5, 0.6) is 0 Å². The third kappa shape index (κ3) is 3.33. The molecule has 0 amide bonds. The number of nitrogens with two attached hydrogens (primary N) is 1. The molecular formula is C12H14N4O2S. The first-order valence-corrected chi connectivity index (χ1v) is 6.67. The number of aromatic amines is 1. The molecule has 2 rings (SSSR count). The lowest BCUT2D eigenvalue weighted by Crippen LogP contribution is -2.34. The third-order valence-corrected chi connectivity index (χ3v) is 3.72. The molecule has 1 aromatic carbocycles. The molecule has 1 atom stereocenters. The Morgan fingerprint density at radius 2 is 2.05 bits per heavy atom. The van der Waals surface area contributed by atoms with Crippen molar-refractivity contribution in [3.8, 4) is 0 Å². The van der Waals surface area contributed by atoms with E-state index in [9.17, 15) is 9.59 Å². The number of rotatable bonds is 4. The molecule has 0 saturated carbocycles. The molecule has 7 heteroatoms. The average Bonchev–Trinajstić information content (AvgIpc) is 2.42. The minimum absolute atomic E-state index is 0.157. The van der Waals surface area contributed by atoms with Crippen LogP contribution in [0.4, 0.5) is 0 Å². The predicted molar refractivity (Wildman–Crippen MR) is 74.2 cm³/mol. The van der Waals surface area contributed by atoms with E-state index in [0.29, 0.717) is 10.9 Å². The standard InChI is InChI=1S/C12H14N4O2S/c1-16-12(14-10(17)11(18)15-16)19-7-9(13)8-5-3-2-4-6-8/h2-6,9H,7,13H2,1H3,(H,15,18). The summed E-state index contributed by atoms with van der Waals surface area (Å²) in [4.78, 5) is 26.0. The fraction of sp³-hybridized carbons (Fsp3) is 0.250. The molecule has 1 heterocycles. The van der Waals surface area contributed by atoms with Gasteiger partial charge in [-0.15, -0.1) is 0 Å². The fourth-order valence-electron chi connectivity index (χ4n) is 1.55. The molecule has 0 bridgehead atoms. The van der Waals surface area contributed by atoms with Crippen molar-refractivity contribution < 1.29 is 0 Å². The topological polar surface area (TPSA) is 93.8 Å². The van der Waals surface area contributed by atoms with Gasteiger partial charge in [-0.05, 0) is 5.56 Å². The molecule has 19 heavy (non-hydrogen) atoms. The van der Waals surface area contributed by atoms with Gasteiger partial charge >= 0.3 is 11.1 Å². The van der Waals surface area contributed by atoms with Crippen LogP contribution in [-0.2, 0) is 7.05 Å². The zero-order chi connectivity index (χ0) is 13.8. The van der Waals surface area contributed by atoms with Crippen LogP contribution in [-0.4, -0.2) is 20.5 Å². The smallest absolute Gasteiger partial charge is 0.323 e. The van der Waals surface area contributed by atoms with E-state index in [4.69, 9.17) is 5.73 Å². The second kappa shape index (κ2) is 5.85. The molecule has 0 radical (unpaired) electrons. The number of H-pyrrole nitrogens is 1. The fourth-order valence-corrected chi connectivity index (χ4v) is 2.46. The highest BCUT2D eigenvalue weighted by Crippen LogP contribution is 2.19. The summed E-state index contributed by atoms with van der Waals surface area (Å²) < 4.78 is 1.42. The number of benzene rings is 1. The largest absolute Gasteiger partial charge is 0.339 e. The zero-order valence-electron chi connectivity index (χ0n) is 10.4. The van der Waals surface area contributed by atoms with E-state index < -0.39 is 11.1 Å². The van der Waals surface area contributed by atoms with Gasteiger partial charge < -0.3 is 5.73 Å². The van der Waals surface area contributed by atoms with Gasteiger partial charge in [-0.1, -0.05) is 42.1 Å². The number of thioether (sulfide) groups is 1.